The van der Waals surface area contributed by atoms with Gasteiger partial charge in [-0.1, -0.05) is 44.7 Å². The summed E-state index contributed by atoms with van der Waals surface area (Å²) < 4.78 is 18.3. The number of hydrazone groups is 1. The Kier molecular flexibility index (Phi) is 9.54. The number of unbranched alkanes of at least 4 members (excludes halogenated alkanes) is 4. The topological polar surface area (TPSA) is 88.0 Å². The van der Waals surface area contributed by atoms with Crippen LogP contribution in [0.3, 0.4) is 0 Å². The first-order chi connectivity index (χ1) is 17.0. The normalized spacial score (nSPS) is 10.9. The van der Waals surface area contributed by atoms with Crippen molar-refractivity contribution in [1.29, 1.82) is 0 Å². The lowest BCUT2D eigenvalue weighted by atomic mass is 10.0. The first-order valence-corrected chi connectivity index (χ1v) is 11.7. The summed E-state index contributed by atoms with van der Waals surface area (Å²) >= 11 is 0. The lowest BCUT2D eigenvalue weighted by Crippen LogP contribution is -2.17. The molecule has 0 heterocycles. The van der Waals surface area contributed by atoms with E-state index in [1.165, 1.54) is 79.9 Å². The van der Waals surface area contributed by atoms with Crippen molar-refractivity contribution in [2.24, 2.45) is 5.10 Å². The number of benzene rings is 3. The second kappa shape index (κ2) is 13.0. The predicted molar refractivity (Wildman–Crippen MR) is 133 cm³/mol. The van der Waals surface area contributed by atoms with Crippen LogP contribution in [0.25, 0.3) is 0 Å². The summed E-state index contributed by atoms with van der Waals surface area (Å²) in [7, 11) is 0. The fourth-order valence-electron chi connectivity index (χ4n) is 3.43. The first kappa shape index (κ1) is 25.6. The highest BCUT2D eigenvalue weighted by molar-refractivity contribution is 5.95. The smallest absolute Gasteiger partial charge is 0.343 e. The number of carbonyl (C=O) groups excluding carboxylic acids is 2. The minimum atomic E-state index is -0.521. The fourth-order valence-corrected chi connectivity index (χ4v) is 3.43. The largest absolute Gasteiger partial charge is 0.507 e. The molecule has 0 aliphatic carbocycles. The Morgan fingerprint density at radius 3 is 2.31 bits per heavy atom. The van der Waals surface area contributed by atoms with Crippen LogP contribution in [0, 0.1) is 5.82 Å². The van der Waals surface area contributed by atoms with Gasteiger partial charge in [-0.2, -0.15) is 5.10 Å². The van der Waals surface area contributed by atoms with Crippen molar-refractivity contribution in [2.45, 2.75) is 45.4 Å². The van der Waals surface area contributed by atoms with E-state index in [0.29, 0.717) is 11.1 Å². The molecular weight excluding hydrogens is 447 g/mol. The molecule has 3 aromatic rings. The van der Waals surface area contributed by atoms with Gasteiger partial charge in [-0.05, 0) is 66.9 Å². The monoisotopic (exact) mass is 476 g/mol. The van der Waals surface area contributed by atoms with Gasteiger partial charge in [0.05, 0.1) is 11.8 Å². The number of aromatic hydroxyl groups is 1. The number of nitrogens with zero attached hydrogens (tertiary/aromatic N) is 1. The molecule has 0 fully saturated rings. The van der Waals surface area contributed by atoms with Gasteiger partial charge in [-0.25, -0.2) is 14.6 Å². The Labute approximate surface area is 204 Å². The van der Waals surface area contributed by atoms with E-state index in [4.69, 9.17) is 4.74 Å². The molecule has 35 heavy (non-hydrogen) atoms. The maximum Gasteiger partial charge on any atom is 0.343 e. The average molecular weight is 477 g/mol. The second-order valence-electron chi connectivity index (χ2n) is 8.18. The maximum atomic E-state index is 12.9. The molecule has 2 N–H and O–H groups in total. The van der Waals surface area contributed by atoms with Crippen molar-refractivity contribution in [1.82, 2.24) is 5.43 Å². The van der Waals surface area contributed by atoms with Gasteiger partial charge < -0.3 is 9.84 Å². The number of esters is 1. The van der Waals surface area contributed by atoms with Gasteiger partial charge in [-0.3, -0.25) is 4.79 Å². The molecule has 0 aliphatic rings. The standard InChI is InChI=1S/C28H29FN2O4/c1-2-3-4-5-6-7-20-8-10-22(11-9-20)28(34)35-25-17-14-23(26(32)18-25)19-30-31-27(33)21-12-15-24(29)16-13-21/h8-19,32H,2-7H2,1H3,(H,31,33). The molecule has 3 aromatic carbocycles. The SMILES string of the molecule is CCCCCCCc1ccc(C(=O)Oc2ccc(C=NNC(=O)c3ccc(F)cc3)c(O)c2)cc1. The minimum absolute atomic E-state index is 0.173. The van der Waals surface area contributed by atoms with Gasteiger partial charge in [-0.15, -0.1) is 0 Å². The number of hydrogen-bond acceptors (Lipinski definition) is 5. The zero-order chi connectivity index (χ0) is 25.0. The molecule has 0 saturated heterocycles. The maximum absolute atomic E-state index is 12.9. The van der Waals surface area contributed by atoms with E-state index in [0.717, 1.165) is 12.8 Å². The van der Waals surface area contributed by atoms with E-state index < -0.39 is 17.7 Å². The molecule has 182 valence electrons. The van der Waals surface area contributed by atoms with Crippen LogP contribution in [0.5, 0.6) is 11.5 Å². The van der Waals surface area contributed by atoms with E-state index in [1.54, 1.807) is 12.1 Å². The van der Waals surface area contributed by atoms with Crippen molar-refractivity contribution in [2.75, 3.05) is 0 Å². The Balaban J connectivity index is 1.51. The van der Waals surface area contributed by atoms with Crippen LogP contribution in [0.15, 0.2) is 71.8 Å². The number of phenolic OH excluding ortho intramolecular Hbond substituents is 1. The van der Waals surface area contributed by atoms with Gasteiger partial charge in [0.1, 0.15) is 17.3 Å². The highest BCUT2D eigenvalue weighted by Crippen LogP contribution is 2.23. The third-order valence-corrected chi connectivity index (χ3v) is 5.45. The lowest BCUT2D eigenvalue weighted by molar-refractivity contribution is 0.0734. The molecule has 0 radical (unpaired) electrons. The number of nitrogens with one attached hydrogen (secondary N) is 1. The zero-order valence-corrected chi connectivity index (χ0v) is 19.7. The van der Waals surface area contributed by atoms with Gasteiger partial charge >= 0.3 is 5.97 Å². The zero-order valence-electron chi connectivity index (χ0n) is 19.7. The first-order valence-electron chi connectivity index (χ1n) is 11.7. The van der Waals surface area contributed by atoms with Crippen LogP contribution in [-0.2, 0) is 6.42 Å². The molecule has 0 unspecified atom stereocenters. The van der Waals surface area contributed by atoms with Crippen LogP contribution in [0.2, 0.25) is 0 Å². The number of ether oxygens (including phenoxy) is 1. The molecule has 0 saturated carbocycles. The van der Waals surface area contributed by atoms with Crippen molar-refractivity contribution in [3.63, 3.8) is 0 Å². The van der Waals surface area contributed by atoms with Crippen LogP contribution < -0.4 is 10.2 Å². The number of phenols is 1. The second-order valence-corrected chi connectivity index (χ2v) is 8.18. The van der Waals surface area contributed by atoms with Gasteiger partial charge in [0.2, 0.25) is 0 Å². The summed E-state index contributed by atoms with van der Waals surface area (Å²) in [6.45, 7) is 2.20. The summed E-state index contributed by atoms with van der Waals surface area (Å²) in [5.41, 5.74) is 4.47. The van der Waals surface area contributed by atoms with Crippen molar-refractivity contribution in [3.05, 3.63) is 94.8 Å². The fraction of sp³-hybridized carbons (Fsp3) is 0.250. The summed E-state index contributed by atoms with van der Waals surface area (Å²) in [6, 6.07) is 16.7. The molecule has 1 amide bonds. The van der Waals surface area contributed by atoms with E-state index in [9.17, 15) is 19.1 Å². The molecule has 0 bridgehead atoms. The summed E-state index contributed by atoms with van der Waals surface area (Å²) in [5, 5.41) is 14.0. The number of carbonyl (C=O) groups is 2. The van der Waals surface area contributed by atoms with Crippen LogP contribution >= 0.6 is 0 Å². The van der Waals surface area contributed by atoms with E-state index in [2.05, 4.69) is 17.5 Å². The molecule has 0 aromatic heterocycles. The third kappa shape index (κ3) is 8.07. The lowest BCUT2D eigenvalue weighted by Gasteiger charge is -2.07. The average Bonchev–Trinajstić information content (AvgIpc) is 2.86. The summed E-state index contributed by atoms with van der Waals surface area (Å²) in [5.74, 6) is -1.48. The van der Waals surface area contributed by atoms with Crippen LogP contribution in [0.1, 0.15) is 70.9 Å². The van der Waals surface area contributed by atoms with E-state index in [-0.39, 0.29) is 17.1 Å². The molecular formula is C28H29FN2O4. The highest BCUT2D eigenvalue weighted by atomic mass is 19.1. The van der Waals surface area contributed by atoms with Crippen molar-refractivity contribution >= 4 is 18.1 Å². The Morgan fingerprint density at radius 1 is 0.943 bits per heavy atom. The number of halogens is 1. The van der Waals surface area contributed by atoms with Gasteiger partial charge in [0.15, 0.2) is 0 Å². The summed E-state index contributed by atoms with van der Waals surface area (Å²) in [4.78, 5) is 24.4. The molecule has 6 nitrogen and oxygen atoms in total. The molecule has 3 rings (SSSR count). The van der Waals surface area contributed by atoms with Gasteiger partial charge in [0.25, 0.3) is 5.91 Å². The molecule has 7 heteroatoms. The number of amides is 1. The van der Waals surface area contributed by atoms with E-state index in [1.807, 2.05) is 12.1 Å². The number of rotatable bonds is 11. The van der Waals surface area contributed by atoms with Gasteiger partial charge in [0, 0.05) is 17.2 Å². The summed E-state index contributed by atoms with van der Waals surface area (Å²) in [6.07, 6.45) is 8.33. The molecule has 0 spiro atoms. The Morgan fingerprint density at radius 2 is 1.63 bits per heavy atom. The van der Waals surface area contributed by atoms with Crippen LogP contribution in [0.4, 0.5) is 4.39 Å². The minimum Gasteiger partial charge on any atom is -0.507 e. The molecule has 0 atom stereocenters. The third-order valence-electron chi connectivity index (χ3n) is 5.45. The predicted octanol–water partition coefficient (Wildman–Crippen LogP) is 6.03. The van der Waals surface area contributed by atoms with Crippen LogP contribution in [-0.4, -0.2) is 23.2 Å². The van der Waals surface area contributed by atoms with Crippen molar-refractivity contribution < 1.29 is 23.8 Å². The van der Waals surface area contributed by atoms with Crippen molar-refractivity contribution in [3.8, 4) is 11.5 Å². The number of aryl methyl sites for hydroxylation is 1. The quantitative estimate of drug-likeness (QED) is 0.116. The number of hydrogen-bond donors (Lipinski definition) is 2. The Bertz CT molecular complexity index is 1160. The molecule has 0 aliphatic heterocycles. The Hall–Kier alpha value is -4.00. The highest BCUT2D eigenvalue weighted by Gasteiger charge is 2.11. The van der Waals surface area contributed by atoms with E-state index >= 15 is 0 Å².